The van der Waals surface area contributed by atoms with Crippen LogP contribution < -0.4 is 4.18 Å². The van der Waals surface area contributed by atoms with Crippen LogP contribution in [0.1, 0.15) is 45.6 Å². The quantitative estimate of drug-likeness (QED) is 0.683. The molecule has 0 unspecified atom stereocenters. The number of carbonyl (C=O) groups excluding carboxylic acids is 1. The normalized spacial score (nSPS) is 16.0. The van der Waals surface area contributed by atoms with Crippen molar-refractivity contribution < 1.29 is 17.4 Å². The molecule has 128 valence electrons. The second kappa shape index (κ2) is 7.34. The molecule has 1 aromatic carbocycles. The topological polar surface area (TPSA) is 63.7 Å². The average Bonchev–Trinajstić information content (AvgIpc) is 3.37. The Bertz CT molecular complexity index is 635. The van der Waals surface area contributed by atoms with E-state index in [9.17, 15) is 13.2 Å². The Labute approximate surface area is 138 Å². The predicted molar refractivity (Wildman–Crippen MR) is 89.6 cm³/mol. The van der Waals surface area contributed by atoms with Crippen molar-refractivity contribution in [3.63, 3.8) is 0 Å². The van der Waals surface area contributed by atoms with Crippen molar-refractivity contribution in [2.45, 2.75) is 52.6 Å². The highest BCUT2D eigenvalue weighted by atomic mass is 32.2. The molecule has 0 radical (unpaired) electrons. The van der Waals surface area contributed by atoms with Gasteiger partial charge < -0.3 is 9.08 Å². The number of hydrogen-bond acceptors (Lipinski definition) is 4. The number of nitrogens with zero attached hydrogens (tertiary/aromatic N) is 1. The smallest absolute Gasteiger partial charge is 0.308 e. The lowest BCUT2D eigenvalue weighted by atomic mass is 10.1. The van der Waals surface area contributed by atoms with Crippen LogP contribution in [-0.2, 0) is 21.5 Å². The summed E-state index contributed by atoms with van der Waals surface area (Å²) in [5.74, 6) is 0.667. The van der Waals surface area contributed by atoms with E-state index in [1.807, 2.05) is 17.0 Å². The Morgan fingerprint density at radius 2 is 1.87 bits per heavy atom. The summed E-state index contributed by atoms with van der Waals surface area (Å²) < 4.78 is 27.9. The Kier molecular flexibility index (Phi) is 5.68. The molecule has 1 amide bonds. The maximum atomic E-state index is 12.4. The highest BCUT2D eigenvalue weighted by molar-refractivity contribution is 7.87. The van der Waals surface area contributed by atoms with E-state index in [1.165, 1.54) is 6.92 Å². The monoisotopic (exact) mass is 339 g/mol. The standard InChI is InChI=1S/C17H25NO4S/c1-4-13(3)18(17(19)15-8-9-15)12-14-6-10-16(11-7-14)22-23(20,21)5-2/h6-7,10-11,13,15H,4-5,8-9,12H2,1-3H3/t13-/m0/s1. The van der Waals surface area contributed by atoms with Crippen molar-refractivity contribution in [3.8, 4) is 5.75 Å². The zero-order valence-corrected chi connectivity index (χ0v) is 14.8. The largest absolute Gasteiger partial charge is 0.382 e. The molecule has 23 heavy (non-hydrogen) atoms. The predicted octanol–water partition coefficient (Wildman–Crippen LogP) is 2.95. The van der Waals surface area contributed by atoms with Crippen LogP contribution in [0.25, 0.3) is 0 Å². The molecule has 0 aromatic heterocycles. The summed E-state index contributed by atoms with van der Waals surface area (Å²) in [6, 6.07) is 7.10. The molecule has 1 atom stereocenters. The SMILES string of the molecule is CC[C@H](C)N(Cc1ccc(OS(=O)(=O)CC)cc1)C(=O)C1CC1. The highest BCUT2D eigenvalue weighted by Crippen LogP contribution is 2.32. The lowest BCUT2D eigenvalue weighted by molar-refractivity contribution is -0.135. The molecule has 5 nitrogen and oxygen atoms in total. The molecule has 1 aliphatic carbocycles. The zero-order chi connectivity index (χ0) is 17.0. The summed E-state index contributed by atoms with van der Waals surface area (Å²) >= 11 is 0. The molecule has 0 heterocycles. The Morgan fingerprint density at radius 3 is 2.35 bits per heavy atom. The first kappa shape index (κ1) is 17.8. The van der Waals surface area contributed by atoms with Gasteiger partial charge in [-0.3, -0.25) is 4.79 Å². The van der Waals surface area contributed by atoms with Crippen LogP contribution >= 0.6 is 0 Å². The number of benzene rings is 1. The van der Waals surface area contributed by atoms with E-state index in [0.29, 0.717) is 12.3 Å². The molecule has 0 N–H and O–H groups in total. The van der Waals surface area contributed by atoms with E-state index < -0.39 is 10.1 Å². The van der Waals surface area contributed by atoms with Crippen LogP contribution in [-0.4, -0.2) is 31.0 Å². The summed E-state index contributed by atoms with van der Waals surface area (Å²) in [6.45, 7) is 6.22. The molecule has 6 heteroatoms. The van der Waals surface area contributed by atoms with Gasteiger partial charge in [-0.2, -0.15) is 8.42 Å². The summed E-state index contributed by atoms with van der Waals surface area (Å²) in [7, 11) is -3.51. The van der Waals surface area contributed by atoms with Crippen LogP contribution in [0.2, 0.25) is 0 Å². The van der Waals surface area contributed by atoms with Gasteiger partial charge in [-0.15, -0.1) is 0 Å². The first-order chi connectivity index (χ1) is 10.9. The van der Waals surface area contributed by atoms with Gasteiger partial charge in [-0.1, -0.05) is 19.1 Å². The van der Waals surface area contributed by atoms with Crippen LogP contribution in [0, 0.1) is 5.92 Å². The van der Waals surface area contributed by atoms with E-state index in [1.54, 1.807) is 12.1 Å². The molecule has 0 saturated heterocycles. The Morgan fingerprint density at radius 1 is 1.26 bits per heavy atom. The number of carbonyl (C=O) groups is 1. The van der Waals surface area contributed by atoms with Crippen LogP contribution in [0.5, 0.6) is 5.75 Å². The molecule has 0 spiro atoms. The summed E-state index contributed by atoms with van der Waals surface area (Å²) in [5.41, 5.74) is 0.973. The molecular formula is C17H25NO4S. The number of hydrogen-bond donors (Lipinski definition) is 0. The average molecular weight is 339 g/mol. The highest BCUT2D eigenvalue weighted by Gasteiger charge is 2.34. The Balaban J connectivity index is 2.06. The lowest BCUT2D eigenvalue weighted by Gasteiger charge is -2.29. The molecule has 2 rings (SSSR count). The van der Waals surface area contributed by atoms with Crippen LogP contribution in [0.3, 0.4) is 0 Å². The molecule has 1 fully saturated rings. The molecular weight excluding hydrogens is 314 g/mol. The number of amides is 1. The molecule has 0 aliphatic heterocycles. The number of rotatable bonds is 8. The van der Waals surface area contributed by atoms with Gasteiger partial charge in [0.15, 0.2) is 0 Å². The zero-order valence-electron chi connectivity index (χ0n) is 14.0. The minimum Gasteiger partial charge on any atom is -0.382 e. The minimum absolute atomic E-state index is 0.0631. The van der Waals surface area contributed by atoms with Gasteiger partial charge >= 0.3 is 10.1 Å². The minimum atomic E-state index is -3.51. The maximum absolute atomic E-state index is 12.4. The van der Waals surface area contributed by atoms with Gasteiger partial charge in [0.25, 0.3) is 0 Å². The summed E-state index contributed by atoms with van der Waals surface area (Å²) in [4.78, 5) is 14.4. The third-order valence-electron chi connectivity index (χ3n) is 4.19. The van der Waals surface area contributed by atoms with Crippen molar-refractivity contribution in [2.75, 3.05) is 5.75 Å². The van der Waals surface area contributed by atoms with Gasteiger partial charge in [-0.25, -0.2) is 0 Å². The lowest BCUT2D eigenvalue weighted by Crippen LogP contribution is -2.38. The molecule has 0 bridgehead atoms. The third-order valence-corrected chi connectivity index (χ3v) is 5.34. The van der Waals surface area contributed by atoms with Crippen molar-refractivity contribution in [2.24, 2.45) is 5.92 Å². The first-order valence-electron chi connectivity index (χ1n) is 8.17. The molecule has 1 aromatic rings. The van der Waals surface area contributed by atoms with Gasteiger partial charge in [0.05, 0.1) is 5.75 Å². The fourth-order valence-corrected chi connectivity index (χ4v) is 2.81. The first-order valence-corrected chi connectivity index (χ1v) is 9.75. The van der Waals surface area contributed by atoms with E-state index in [0.717, 1.165) is 24.8 Å². The van der Waals surface area contributed by atoms with Crippen molar-refractivity contribution in [1.82, 2.24) is 4.90 Å². The fraction of sp³-hybridized carbons (Fsp3) is 0.588. The van der Waals surface area contributed by atoms with Gasteiger partial charge in [-0.05, 0) is 50.8 Å². The second-order valence-corrected chi connectivity index (χ2v) is 7.93. The fourth-order valence-electron chi connectivity index (χ4n) is 2.29. The van der Waals surface area contributed by atoms with Crippen molar-refractivity contribution in [1.29, 1.82) is 0 Å². The molecule has 1 aliphatic rings. The third kappa shape index (κ3) is 4.96. The molecule has 1 saturated carbocycles. The van der Waals surface area contributed by atoms with E-state index in [2.05, 4.69) is 13.8 Å². The van der Waals surface area contributed by atoms with E-state index in [-0.39, 0.29) is 23.6 Å². The maximum Gasteiger partial charge on any atom is 0.308 e. The van der Waals surface area contributed by atoms with Gasteiger partial charge in [0, 0.05) is 18.5 Å². The summed E-state index contributed by atoms with van der Waals surface area (Å²) in [6.07, 6.45) is 2.90. The van der Waals surface area contributed by atoms with Crippen LogP contribution in [0.4, 0.5) is 0 Å². The van der Waals surface area contributed by atoms with Crippen LogP contribution in [0.15, 0.2) is 24.3 Å². The van der Waals surface area contributed by atoms with E-state index in [4.69, 9.17) is 4.18 Å². The second-order valence-electron chi connectivity index (χ2n) is 6.07. The Hall–Kier alpha value is -1.56. The summed E-state index contributed by atoms with van der Waals surface area (Å²) in [5, 5.41) is 0. The van der Waals surface area contributed by atoms with Gasteiger partial charge in [0.2, 0.25) is 5.91 Å². The van der Waals surface area contributed by atoms with Gasteiger partial charge in [0.1, 0.15) is 5.75 Å². The van der Waals surface area contributed by atoms with Crippen molar-refractivity contribution >= 4 is 16.0 Å². The van der Waals surface area contributed by atoms with E-state index >= 15 is 0 Å². The van der Waals surface area contributed by atoms with Crippen molar-refractivity contribution in [3.05, 3.63) is 29.8 Å².